The van der Waals surface area contributed by atoms with Gasteiger partial charge in [0, 0.05) is 25.7 Å². The number of para-hydroxylation sites is 1. The maximum absolute atomic E-state index is 12.8. The number of hydrogen-bond acceptors (Lipinski definition) is 7. The van der Waals surface area contributed by atoms with Gasteiger partial charge in [0.25, 0.3) is 5.69 Å². The first-order valence-corrected chi connectivity index (χ1v) is 8.72. The van der Waals surface area contributed by atoms with Crippen LogP contribution in [0, 0.1) is 10.1 Å². The lowest BCUT2D eigenvalue weighted by Gasteiger charge is -2.16. The van der Waals surface area contributed by atoms with Gasteiger partial charge in [0.05, 0.1) is 22.9 Å². The van der Waals surface area contributed by atoms with Crippen molar-refractivity contribution in [2.24, 2.45) is 5.73 Å². The molecule has 1 unspecified atom stereocenters. The van der Waals surface area contributed by atoms with E-state index in [4.69, 9.17) is 5.73 Å². The number of sulfonamides is 1. The minimum absolute atomic E-state index is 0.171. The van der Waals surface area contributed by atoms with Crippen molar-refractivity contribution < 1.29 is 13.3 Å². The Morgan fingerprint density at radius 2 is 2.12 bits per heavy atom. The van der Waals surface area contributed by atoms with Crippen LogP contribution in [0.2, 0.25) is 0 Å². The van der Waals surface area contributed by atoms with Gasteiger partial charge in [0.15, 0.2) is 4.90 Å². The summed E-state index contributed by atoms with van der Waals surface area (Å²) in [5, 5.41) is 18.9. The summed E-state index contributed by atoms with van der Waals surface area (Å²) in [6.07, 6.45) is 2.24. The van der Waals surface area contributed by atoms with Crippen LogP contribution in [-0.4, -0.2) is 45.7 Å². The number of benzene rings is 1. The van der Waals surface area contributed by atoms with Crippen LogP contribution in [0.5, 0.6) is 0 Å². The quantitative estimate of drug-likeness (QED) is 0.602. The van der Waals surface area contributed by atoms with Crippen LogP contribution in [0.3, 0.4) is 0 Å². The molecule has 2 heterocycles. The van der Waals surface area contributed by atoms with Crippen molar-refractivity contribution in [2.75, 3.05) is 13.1 Å². The molecule has 2 aromatic rings. The number of nitrogens with two attached hydrogens (primary N) is 1. The Kier molecular flexibility index (Phi) is 4.30. The summed E-state index contributed by atoms with van der Waals surface area (Å²) < 4.78 is 28.3. The first-order valence-electron chi connectivity index (χ1n) is 7.28. The Balaban J connectivity index is 1.86. The number of nitro groups is 1. The monoisotopic (exact) mass is 352 g/mol. The summed E-state index contributed by atoms with van der Waals surface area (Å²) in [6.45, 7) is 0.698. The molecule has 1 aliphatic rings. The highest BCUT2D eigenvalue weighted by Gasteiger charge is 2.37. The van der Waals surface area contributed by atoms with Gasteiger partial charge in [-0.1, -0.05) is 17.3 Å². The summed E-state index contributed by atoms with van der Waals surface area (Å²) >= 11 is 0. The van der Waals surface area contributed by atoms with E-state index in [1.165, 1.54) is 28.6 Å². The molecule has 11 heteroatoms. The SMILES string of the molecule is NCc1cn(C2CCN(S(=O)(=O)c3ccccc3[N+](=O)[O-])C2)nn1. The predicted molar refractivity (Wildman–Crippen MR) is 83.4 cm³/mol. The zero-order valence-electron chi connectivity index (χ0n) is 12.6. The molecular weight excluding hydrogens is 336 g/mol. The molecule has 1 aromatic carbocycles. The molecule has 0 amide bonds. The number of nitrogens with zero attached hydrogens (tertiary/aromatic N) is 5. The summed E-state index contributed by atoms with van der Waals surface area (Å²) in [4.78, 5) is 10.1. The van der Waals surface area contributed by atoms with Gasteiger partial charge in [0.2, 0.25) is 10.0 Å². The molecule has 1 fully saturated rings. The minimum Gasteiger partial charge on any atom is -0.325 e. The van der Waals surface area contributed by atoms with Gasteiger partial charge in [-0.25, -0.2) is 13.1 Å². The van der Waals surface area contributed by atoms with E-state index in [1.807, 2.05) is 0 Å². The van der Waals surface area contributed by atoms with Crippen LogP contribution in [0.25, 0.3) is 0 Å². The van der Waals surface area contributed by atoms with Crippen LogP contribution in [-0.2, 0) is 16.6 Å². The molecule has 24 heavy (non-hydrogen) atoms. The van der Waals surface area contributed by atoms with Crippen molar-refractivity contribution in [3.05, 3.63) is 46.3 Å². The Labute approximate surface area is 138 Å². The molecule has 2 N–H and O–H groups in total. The first kappa shape index (κ1) is 16.5. The van der Waals surface area contributed by atoms with E-state index in [9.17, 15) is 18.5 Å². The summed E-state index contributed by atoms with van der Waals surface area (Å²) in [7, 11) is -3.95. The zero-order valence-corrected chi connectivity index (χ0v) is 13.5. The molecule has 128 valence electrons. The van der Waals surface area contributed by atoms with E-state index in [0.717, 1.165) is 0 Å². The van der Waals surface area contributed by atoms with Gasteiger partial charge in [-0.15, -0.1) is 5.10 Å². The van der Waals surface area contributed by atoms with Gasteiger partial charge in [-0.3, -0.25) is 10.1 Å². The lowest BCUT2D eigenvalue weighted by molar-refractivity contribution is -0.387. The first-order chi connectivity index (χ1) is 11.4. The van der Waals surface area contributed by atoms with Crippen LogP contribution >= 0.6 is 0 Å². The fourth-order valence-electron chi connectivity index (χ4n) is 2.70. The molecule has 0 bridgehead atoms. The average Bonchev–Trinajstić information content (AvgIpc) is 3.23. The highest BCUT2D eigenvalue weighted by molar-refractivity contribution is 7.89. The fourth-order valence-corrected chi connectivity index (χ4v) is 4.35. The van der Waals surface area contributed by atoms with Gasteiger partial charge in [0.1, 0.15) is 0 Å². The van der Waals surface area contributed by atoms with Gasteiger partial charge in [-0.05, 0) is 12.5 Å². The van der Waals surface area contributed by atoms with Crippen LogP contribution in [0.1, 0.15) is 18.2 Å². The Morgan fingerprint density at radius 3 is 2.79 bits per heavy atom. The fraction of sp³-hybridized carbons (Fsp3) is 0.385. The van der Waals surface area contributed by atoms with Crippen LogP contribution in [0.15, 0.2) is 35.4 Å². The van der Waals surface area contributed by atoms with Crippen molar-refractivity contribution in [3.63, 3.8) is 0 Å². The van der Waals surface area contributed by atoms with Crippen molar-refractivity contribution in [1.82, 2.24) is 19.3 Å². The number of rotatable bonds is 5. The molecule has 1 aromatic heterocycles. The molecular formula is C13H16N6O4S. The van der Waals surface area contributed by atoms with Crippen molar-refractivity contribution in [3.8, 4) is 0 Å². The van der Waals surface area contributed by atoms with E-state index in [1.54, 1.807) is 10.9 Å². The molecule has 1 aliphatic heterocycles. The minimum atomic E-state index is -3.95. The normalized spacial score (nSPS) is 18.8. The van der Waals surface area contributed by atoms with E-state index in [-0.39, 0.29) is 30.6 Å². The summed E-state index contributed by atoms with van der Waals surface area (Å²) in [6, 6.07) is 5.18. The number of nitro benzene ring substituents is 1. The van der Waals surface area contributed by atoms with E-state index in [0.29, 0.717) is 12.1 Å². The van der Waals surface area contributed by atoms with Gasteiger partial charge in [-0.2, -0.15) is 4.31 Å². The maximum Gasteiger partial charge on any atom is 0.289 e. The molecule has 1 atom stereocenters. The summed E-state index contributed by atoms with van der Waals surface area (Å²) in [5.41, 5.74) is 5.69. The van der Waals surface area contributed by atoms with Gasteiger partial charge >= 0.3 is 0 Å². The van der Waals surface area contributed by atoms with Crippen LogP contribution < -0.4 is 5.73 Å². The second-order valence-electron chi connectivity index (χ2n) is 5.42. The van der Waals surface area contributed by atoms with Crippen molar-refractivity contribution in [2.45, 2.75) is 23.9 Å². The smallest absolute Gasteiger partial charge is 0.289 e. The third-order valence-corrected chi connectivity index (χ3v) is 5.86. The lowest BCUT2D eigenvalue weighted by atomic mass is 10.3. The molecule has 10 nitrogen and oxygen atoms in total. The standard InChI is InChI=1S/C13H16N6O4S/c14-7-10-8-18(16-15-10)11-5-6-17(9-11)24(22,23)13-4-2-1-3-12(13)19(20)21/h1-4,8,11H,5-7,9,14H2. The van der Waals surface area contributed by atoms with Crippen LogP contribution in [0.4, 0.5) is 5.69 Å². The third-order valence-electron chi connectivity index (χ3n) is 3.95. The summed E-state index contributed by atoms with van der Waals surface area (Å²) in [5.74, 6) is 0. The Hall–Kier alpha value is -2.37. The predicted octanol–water partition coefficient (Wildman–Crippen LogP) is 0.281. The highest BCUT2D eigenvalue weighted by atomic mass is 32.2. The lowest BCUT2D eigenvalue weighted by Crippen LogP contribution is -2.30. The second kappa shape index (κ2) is 6.26. The van der Waals surface area contributed by atoms with E-state index < -0.39 is 20.6 Å². The molecule has 1 saturated heterocycles. The molecule has 0 spiro atoms. The second-order valence-corrected chi connectivity index (χ2v) is 7.33. The number of aromatic nitrogens is 3. The third kappa shape index (κ3) is 2.88. The Morgan fingerprint density at radius 1 is 1.38 bits per heavy atom. The molecule has 0 radical (unpaired) electrons. The average molecular weight is 352 g/mol. The van der Waals surface area contributed by atoms with Gasteiger partial charge < -0.3 is 5.73 Å². The molecule has 3 rings (SSSR count). The molecule has 0 saturated carbocycles. The zero-order chi connectivity index (χ0) is 17.3. The van der Waals surface area contributed by atoms with E-state index >= 15 is 0 Å². The largest absolute Gasteiger partial charge is 0.325 e. The highest BCUT2D eigenvalue weighted by Crippen LogP contribution is 2.31. The topological polar surface area (TPSA) is 137 Å². The van der Waals surface area contributed by atoms with Crippen molar-refractivity contribution >= 4 is 15.7 Å². The Bertz CT molecular complexity index is 865. The van der Waals surface area contributed by atoms with Crippen molar-refractivity contribution in [1.29, 1.82) is 0 Å². The molecule has 0 aliphatic carbocycles. The van der Waals surface area contributed by atoms with E-state index in [2.05, 4.69) is 10.3 Å². The maximum atomic E-state index is 12.8. The number of hydrogen-bond donors (Lipinski definition) is 1.